The van der Waals surface area contributed by atoms with Crippen LogP contribution >= 0.6 is 24.0 Å². The molecule has 0 aliphatic carbocycles. The molecule has 1 amide bonds. The third-order valence-corrected chi connectivity index (χ3v) is 6.65. The number of likely N-dealkylation sites (N-methyl/N-ethyl adjacent to an activating group) is 1. The second-order valence-electron chi connectivity index (χ2n) is 6.78. The lowest BCUT2D eigenvalue weighted by molar-refractivity contribution is -0.134. The summed E-state index contributed by atoms with van der Waals surface area (Å²) in [5, 5.41) is 3.39. The Morgan fingerprint density at radius 3 is 2.60 bits per heavy atom. The molecule has 2 heterocycles. The molecule has 2 aliphatic heterocycles. The van der Waals surface area contributed by atoms with Gasteiger partial charge in [0.15, 0.2) is 15.8 Å². The summed E-state index contributed by atoms with van der Waals surface area (Å²) in [6.07, 6.45) is 1.64. The minimum atomic E-state index is -2.88. The Bertz CT molecular complexity index is 582. The normalized spacial score (nSPS) is 24.8. The Morgan fingerprint density at radius 1 is 1.36 bits per heavy atom. The van der Waals surface area contributed by atoms with E-state index in [4.69, 9.17) is 0 Å². The number of nitrogens with one attached hydrogen (secondary N) is 1. The number of rotatable bonds is 5. The lowest BCUT2D eigenvalue weighted by atomic mass is 10.1. The average Bonchev–Trinajstić information content (AvgIpc) is 2.90. The van der Waals surface area contributed by atoms with E-state index in [0.717, 1.165) is 25.5 Å². The topological polar surface area (TPSA) is 82.1 Å². The molecule has 2 fully saturated rings. The highest BCUT2D eigenvalue weighted by Gasteiger charge is 2.29. The summed E-state index contributed by atoms with van der Waals surface area (Å²) in [4.78, 5) is 20.7. The Kier molecular flexibility index (Phi) is 8.93. The average molecular weight is 486 g/mol. The number of halogens is 1. The number of hydrogen-bond acceptors (Lipinski definition) is 4. The van der Waals surface area contributed by atoms with E-state index in [0.29, 0.717) is 26.1 Å². The summed E-state index contributed by atoms with van der Waals surface area (Å²) < 4.78 is 23.2. The maximum absolute atomic E-state index is 12.2. The van der Waals surface area contributed by atoms with Gasteiger partial charge >= 0.3 is 0 Å². The number of amides is 1. The minimum Gasteiger partial charge on any atom is -0.354 e. The SMILES string of the molecule is CCC(C)NC(=NCC1CCS(=O)(=O)C1)N1CCN(CC)C(=O)C1.I. The summed E-state index contributed by atoms with van der Waals surface area (Å²) in [7, 11) is -2.88. The molecular formula is C16H31IN4O3S. The molecule has 9 heteroatoms. The van der Waals surface area contributed by atoms with Gasteiger partial charge in [-0.05, 0) is 32.6 Å². The van der Waals surface area contributed by atoms with E-state index in [1.165, 1.54) is 0 Å². The molecule has 0 saturated carbocycles. The van der Waals surface area contributed by atoms with Crippen LogP contribution in [-0.4, -0.2) is 80.4 Å². The number of sulfone groups is 1. The number of nitrogens with zero attached hydrogens (tertiary/aromatic N) is 3. The molecule has 2 atom stereocenters. The van der Waals surface area contributed by atoms with Crippen molar-refractivity contribution in [1.29, 1.82) is 0 Å². The Hall–Kier alpha value is -0.580. The first-order chi connectivity index (χ1) is 11.3. The second-order valence-corrected chi connectivity index (χ2v) is 9.01. The van der Waals surface area contributed by atoms with Gasteiger partial charge in [0.2, 0.25) is 5.91 Å². The van der Waals surface area contributed by atoms with Gasteiger partial charge in [-0.3, -0.25) is 9.79 Å². The fraction of sp³-hybridized carbons (Fsp3) is 0.875. The summed E-state index contributed by atoms with van der Waals surface area (Å²) in [5.74, 6) is 1.45. The van der Waals surface area contributed by atoms with Gasteiger partial charge in [0.25, 0.3) is 0 Å². The number of guanidine groups is 1. The van der Waals surface area contributed by atoms with Crippen molar-refractivity contribution in [2.45, 2.75) is 39.7 Å². The molecule has 2 rings (SSSR count). The molecule has 7 nitrogen and oxygen atoms in total. The summed E-state index contributed by atoms with van der Waals surface area (Å²) in [6, 6.07) is 0.260. The molecule has 2 aliphatic rings. The van der Waals surface area contributed by atoms with Crippen molar-refractivity contribution in [3.05, 3.63) is 0 Å². The van der Waals surface area contributed by atoms with Crippen LogP contribution in [0.2, 0.25) is 0 Å². The van der Waals surface area contributed by atoms with Crippen molar-refractivity contribution in [2.75, 3.05) is 44.2 Å². The molecule has 146 valence electrons. The van der Waals surface area contributed by atoms with Gasteiger partial charge in [-0.1, -0.05) is 6.92 Å². The fourth-order valence-electron chi connectivity index (χ4n) is 3.01. The van der Waals surface area contributed by atoms with Crippen LogP contribution < -0.4 is 5.32 Å². The minimum absolute atomic E-state index is 0. The third kappa shape index (κ3) is 6.58. The zero-order chi connectivity index (χ0) is 17.7. The van der Waals surface area contributed by atoms with Gasteiger partial charge in [-0.15, -0.1) is 24.0 Å². The Labute approximate surface area is 168 Å². The lowest BCUT2D eigenvalue weighted by Crippen LogP contribution is -2.56. The zero-order valence-corrected chi connectivity index (χ0v) is 18.5. The maximum Gasteiger partial charge on any atom is 0.242 e. The van der Waals surface area contributed by atoms with Crippen molar-refractivity contribution in [3.63, 3.8) is 0 Å². The summed E-state index contributed by atoms with van der Waals surface area (Å²) >= 11 is 0. The number of piperazine rings is 1. The van der Waals surface area contributed by atoms with Crippen molar-refractivity contribution < 1.29 is 13.2 Å². The lowest BCUT2D eigenvalue weighted by Gasteiger charge is -2.36. The van der Waals surface area contributed by atoms with Gasteiger partial charge in [0.05, 0.1) is 18.1 Å². The molecule has 0 bridgehead atoms. The van der Waals surface area contributed by atoms with E-state index in [-0.39, 0.29) is 53.3 Å². The number of aliphatic imine (C=N–C) groups is 1. The second kappa shape index (κ2) is 9.94. The highest BCUT2D eigenvalue weighted by molar-refractivity contribution is 14.0. The van der Waals surface area contributed by atoms with Gasteiger partial charge in [0, 0.05) is 32.2 Å². The van der Waals surface area contributed by atoms with Gasteiger partial charge in [-0.25, -0.2) is 8.42 Å². The smallest absolute Gasteiger partial charge is 0.242 e. The van der Waals surface area contributed by atoms with E-state index in [1.54, 1.807) is 0 Å². The molecule has 0 aromatic rings. The van der Waals surface area contributed by atoms with E-state index in [1.807, 2.05) is 16.7 Å². The van der Waals surface area contributed by atoms with Crippen molar-refractivity contribution in [3.8, 4) is 0 Å². The van der Waals surface area contributed by atoms with Crippen molar-refractivity contribution in [2.24, 2.45) is 10.9 Å². The molecular weight excluding hydrogens is 455 g/mol. The Balaban J connectivity index is 0.00000312. The first-order valence-corrected chi connectivity index (χ1v) is 10.7. The summed E-state index contributed by atoms with van der Waals surface area (Å²) in [6.45, 7) is 9.19. The molecule has 2 unspecified atom stereocenters. The van der Waals surface area contributed by atoms with Gasteiger partial charge in [0.1, 0.15) is 0 Å². The summed E-state index contributed by atoms with van der Waals surface area (Å²) in [5.41, 5.74) is 0. The largest absolute Gasteiger partial charge is 0.354 e. The quantitative estimate of drug-likeness (QED) is 0.356. The van der Waals surface area contributed by atoms with Gasteiger partial charge < -0.3 is 15.1 Å². The van der Waals surface area contributed by atoms with Crippen LogP contribution in [0.1, 0.15) is 33.6 Å². The number of carbonyl (C=O) groups excluding carboxylic acids is 1. The Morgan fingerprint density at radius 2 is 2.08 bits per heavy atom. The fourth-order valence-corrected chi connectivity index (χ4v) is 4.86. The van der Waals surface area contributed by atoms with Crippen LogP contribution in [0.3, 0.4) is 0 Å². The van der Waals surface area contributed by atoms with Crippen molar-refractivity contribution in [1.82, 2.24) is 15.1 Å². The van der Waals surface area contributed by atoms with Crippen molar-refractivity contribution >= 4 is 45.7 Å². The monoisotopic (exact) mass is 486 g/mol. The molecule has 25 heavy (non-hydrogen) atoms. The van der Waals surface area contributed by atoms with E-state index in [9.17, 15) is 13.2 Å². The zero-order valence-electron chi connectivity index (χ0n) is 15.4. The molecule has 1 N–H and O–H groups in total. The molecule has 0 aromatic heterocycles. The van der Waals surface area contributed by atoms with Crippen LogP contribution in [0.4, 0.5) is 0 Å². The first kappa shape index (κ1) is 22.5. The molecule has 0 aromatic carbocycles. The number of carbonyl (C=O) groups is 1. The predicted molar refractivity (Wildman–Crippen MR) is 111 cm³/mol. The molecule has 0 spiro atoms. The van der Waals surface area contributed by atoms with E-state index < -0.39 is 9.84 Å². The van der Waals surface area contributed by atoms with Crippen LogP contribution in [0.25, 0.3) is 0 Å². The third-order valence-electron chi connectivity index (χ3n) is 4.81. The van der Waals surface area contributed by atoms with Gasteiger partial charge in [-0.2, -0.15) is 0 Å². The molecule has 0 radical (unpaired) electrons. The highest BCUT2D eigenvalue weighted by Crippen LogP contribution is 2.18. The van der Waals surface area contributed by atoms with E-state index in [2.05, 4.69) is 24.2 Å². The van der Waals surface area contributed by atoms with Crippen LogP contribution in [0.5, 0.6) is 0 Å². The van der Waals surface area contributed by atoms with Crippen LogP contribution in [0.15, 0.2) is 4.99 Å². The van der Waals surface area contributed by atoms with Crippen LogP contribution in [-0.2, 0) is 14.6 Å². The van der Waals surface area contributed by atoms with E-state index >= 15 is 0 Å². The first-order valence-electron chi connectivity index (χ1n) is 8.88. The standard InChI is InChI=1S/C16H30N4O3S.HI/c1-4-13(3)18-16(17-10-14-6-9-24(22,23)12-14)20-8-7-19(5-2)15(21)11-20;/h13-14H,4-12H2,1-3H3,(H,17,18);1H. The molecule has 2 saturated heterocycles. The maximum atomic E-state index is 12.2. The highest BCUT2D eigenvalue weighted by atomic mass is 127. The predicted octanol–water partition coefficient (Wildman–Crippen LogP) is 0.947. The van der Waals surface area contributed by atoms with Crippen LogP contribution in [0, 0.1) is 5.92 Å². The number of hydrogen-bond donors (Lipinski definition) is 1.